The molecule has 0 saturated heterocycles. The van der Waals surface area contributed by atoms with Gasteiger partial charge in [-0.3, -0.25) is 4.79 Å². The zero-order valence-electron chi connectivity index (χ0n) is 10.1. The molecule has 2 unspecified atom stereocenters. The first-order valence-corrected chi connectivity index (χ1v) is 7.04. The number of nitrogens with one attached hydrogen (secondary N) is 1. The van der Waals surface area contributed by atoms with Gasteiger partial charge < -0.3 is 10.4 Å². The highest BCUT2D eigenvalue weighted by molar-refractivity contribution is 9.10. The van der Waals surface area contributed by atoms with Crippen LogP contribution in [-0.4, -0.2) is 28.6 Å². The van der Waals surface area contributed by atoms with Crippen LogP contribution in [0.15, 0.2) is 22.9 Å². The van der Waals surface area contributed by atoms with E-state index in [1.54, 1.807) is 18.3 Å². The van der Waals surface area contributed by atoms with Gasteiger partial charge in [-0.05, 0) is 40.9 Å². The molecule has 0 aliphatic heterocycles. The van der Waals surface area contributed by atoms with Crippen molar-refractivity contribution in [3.63, 3.8) is 0 Å². The molecule has 1 amide bonds. The zero-order valence-corrected chi connectivity index (χ0v) is 11.7. The molecule has 1 fully saturated rings. The Morgan fingerprint density at radius 1 is 1.50 bits per heavy atom. The molecule has 0 bridgehead atoms. The zero-order chi connectivity index (χ0) is 13.0. The molecule has 2 N–H and O–H groups in total. The lowest BCUT2D eigenvalue weighted by atomic mass is 9.85. The summed E-state index contributed by atoms with van der Waals surface area (Å²) in [5.74, 6) is 0.0541. The van der Waals surface area contributed by atoms with Crippen LogP contribution < -0.4 is 5.32 Å². The van der Waals surface area contributed by atoms with Gasteiger partial charge in [-0.25, -0.2) is 4.98 Å². The molecule has 1 heterocycles. The van der Waals surface area contributed by atoms with E-state index in [1.165, 1.54) is 0 Å². The highest BCUT2D eigenvalue weighted by Gasteiger charge is 2.26. The van der Waals surface area contributed by atoms with Crippen LogP contribution in [-0.2, 0) is 0 Å². The van der Waals surface area contributed by atoms with E-state index >= 15 is 0 Å². The number of pyridine rings is 1. The van der Waals surface area contributed by atoms with Gasteiger partial charge in [0.2, 0.25) is 0 Å². The Morgan fingerprint density at radius 2 is 2.28 bits per heavy atom. The summed E-state index contributed by atoms with van der Waals surface area (Å²) in [7, 11) is 0. The van der Waals surface area contributed by atoms with Gasteiger partial charge in [0.05, 0.1) is 5.56 Å². The first kappa shape index (κ1) is 13.5. The molecule has 5 heteroatoms. The molecular weight excluding hydrogens is 296 g/mol. The molecule has 0 aromatic carbocycles. The maximum atomic E-state index is 12.1. The van der Waals surface area contributed by atoms with Gasteiger partial charge in [-0.1, -0.05) is 12.8 Å². The number of nitrogens with zero attached hydrogens (tertiary/aromatic N) is 1. The third-order valence-corrected chi connectivity index (χ3v) is 4.10. The van der Waals surface area contributed by atoms with Gasteiger partial charge in [-0.2, -0.15) is 0 Å². The number of aliphatic hydroxyl groups excluding tert-OH is 1. The van der Waals surface area contributed by atoms with Gasteiger partial charge in [0.15, 0.2) is 0 Å². The maximum Gasteiger partial charge on any atom is 0.254 e. The summed E-state index contributed by atoms with van der Waals surface area (Å²) in [4.78, 5) is 16.2. The Labute approximate surface area is 115 Å². The minimum absolute atomic E-state index is 0.0726. The fraction of sp³-hybridized carbons (Fsp3) is 0.538. The van der Waals surface area contributed by atoms with Crippen LogP contribution in [0.2, 0.25) is 0 Å². The number of aromatic nitrogens is 1. The molecule has 1 aromatic heterocycles. The van der Waals surface area contributed by atoms with Crippen molar-refractivity contribution < 1.29 is 9.90 Å². The standard InChI is InChI=1S/C13H17BrN2O2/c14-12-10(5-3-7-15-12)13(18)16-11-6-2-1-4-9(11)8-17/h3,5,7,9,11,17H,1-2,4,6,8H2,(H,16,18). The van der Waals surface area contributed by atoms with Crippen molar-refractivity contribution in [3.8, 4) is 0 Å². The van der Waals surface area contributed by atoms with Crippen molar-refractivity contribution in [2.24, 2.45) is 5.92 Å². The Morgan fingerprint density at radius 3 is 3.00 bits per heavy atom. The quantitative estimate of drug-likeness (QED) is 0.840. The van der Waals surface area contributed by atoms with E-state index in [9.17, 15) is 9.90 Å². The first-order chi connectivity index (χ1) is 8.72. The Bertz CT molecular complexity index is 425. The predicted octanol–water partition coefficient (Wildman–Crippen LogP) is 2.12. The molecule has 1 aliphatic rings. The van der Waals surface area contributed by atoms with Crippen LogP contribution in [0.4, 0.5) is 0 Å². The van der Waals surface area contributed by atoms with Gasteiger partial charge in [-0.15, -0.1) is 0 Å². The van der Waals surface area contributed by atoms with Crippen LogP contribution >= 0.6 is 15.9 Å². The Hall–Kier alpha value is -0.940. The minimum atomic E-state index is -0.125. The third-order valence-electron chi connectivity index (χ3n) is 3.46. The molecule has 1 aliphatic carbocycles. The summed E-state index contributed by atoms with van der Waals surface area (Å²) in [5, 5.41) is 12.3. The van der Waals surface area contributed by atoms with Crippen LogP contribution in [0.1, 0.15) is 36.0 Å². The van der Waals surface area contributed by atoms with E-state index < -0.39 is 0 Å². The number of rotatable bonds is 3. The second kappa shape index (κ2) is 6.29. The summed E-state index contributed by atoms with van der Waals surface area (Å²) >= 11 is 3.27. The number of halogens is 1. The average molecular weight is 313 g/mol. The Balaban J connectivity index is 2.04. The van der Waals surface area contributed by atoms with E-state index in [0.29, 0.717) is 10.2 Å². The van der Waals surface area contributed by atoms with Crippen LogP contribution in [0.5, 0.6) is 0 Å². The summed E-state index contributed by atoms with van der Waals surface area (Å²) < 4.78 is 0.554. The summed E-state index contributed by atoms with van der Waals surface area (Å²) in [5.41, 5.74) is 0.541. The molecule has 1 aromatic rings. The largest absolute Gasteiger partial charge is 0.396 e. The number of aliphatic hydroxyl groups is 1. The second-order valence-electron chi connectivity index (χ2n) is 4.65. The lowest BCUT2D eigenvalue weighted by molar-refractivity contribution is 0.0871. The van der Waals surface area contributed by atoms with Crippen molar-refractivity contribution in [2.45, 2.75) is 31.7 Å². The van der Waals surface area contributed by atoms with Gasteiger partial charge >= 0.3 is 0 Å². The van der Waals surface area contributed by atoms with Crippen molar-refractivity contribution in [1.82, 2.24) is 10.3 Å². The number of carbonyl (C=O) groups excluding carboxylic acids is 1. The molecular formula is C13H17BrN2O2. The van der Waals surface area contributed by atoms with E-state index in [-0.39, 0.29) is 24.5 Å². The maximum absolute atomic E-state index is 12.1. The molecule has 18 heavy (non-hydrogen) atoms. The van der Waals surface area contributed by atoms with Gasteiger partial charge in [0, 0.05) is 24.8 Å². The van der Waals surface area contributed by atoms with Crippen molar-refractivity contribution in [2.75, 3.05) is 6.61 Å². The fourth-order valence-corrected chi connectivity index (χ4v) is 2.85. The van der Waals surface area contributed by atoms with Crippen LogP contribution in [0.25, 0.3) is 0 Å². The summed E-state index contributed by atoms with van der Waals surface area (Å²) in [6.45, 7) is 0.138. The second-order valence-corrected chi connectivity index (χ2v) is 5.40. The molecule has 1 saturated carbocycles. The molecule has 0 radical (unpaired) electrons. The third kappa shape index (κ3) is 3.09. The van der Waals surface area contributed by atoms with E-state index in [2.05, 4.69) is 26.2 Å². The van der Waals surface area contributed by atoms with E-state index in [4.69, 9.17) is 0 Å². The SMILES string of the molecule is O=C(NC1CCCCC1CO)c1cccnc1Br. The molecule has 4 nitrogen and oxygen atoms in total. The van der Waals surface area contributed by atoms with Gasteiger partial charge in [0.1, 0.15) is 4.60 Å². The van der Waals surface area contributed by atoms with E-state index in [0.717, 1.165) is 25.7 Å². The van der Waals surface area contributed by atoms with E-state index in [1.807, 2.05) is 0 Å². The number of amides is 1. The number of hydrogen-bond donors (Lipinski definition) is 2. The van der Waals surface area contributed by atoms with Crippen molar-refractivity contribution in [3.05, 3.63) is 28.5 Å². The number of hydrogen-bond acceptors (Lipinski definition) is 3. The lowest BCUT2D eigenvalue weighted by Gasteiger charge is -2.30. The minimum Gasteiger partial charge on any atom is -0.396 e. The van der Waals surface area contributed by atoms with Gasteiger partial charge in [0.25, 0.3) is 5.91 Å². The molecule has 2 rings (SSSR count). The topological polar surface area (TPSA) is 62.2 Å². The normalized spacial score (nSPS) is 23.7. The highest BCUT2D eigenvalue weighted by Crippen LogP contribution is 2.24. The lowest BCUT2D eigenvalue weighted by Crippen LogP contribution is -2.43. The molecule has 98 valence electrons. The van der Waals surface area contributed by atoms with Crippen molar-refractivity contribution in [1.29, 1.82) is 0 Å². The fourth-order valence-electron chi connectivity index (χ4n) is 2.42. The smallest absolute Gasteiger partial charge is 0.254 e. The molecule has 2 atom stereocenters. The number of carbonyl (C=O) groups is 1. The highest BCUT2D eigenvalue weighted by atomic mass is 79.9. The summed E-state index contributed by atoms with van der Waals surface area (Å²) in [6, 6.07) is 3.55. The predicted molar refractivity (Wildman–Crippen MR) is 72.2 cm³/mol. The average Bonchev–Trinajstić information content (AvgIpc) is 2.39. The monoisotopic (exact) mass is 312 g/mol. The summed E-state index contributed by atoms with van der Waals surface area (Å²) in [6.07, 6.45) is 5.80. The van der Waals surface area contributed by atoms with Crippen LogP contribution in [0, 0.1) is 5.92 Å². The first-order valence-electron chi connectivity index (χ1n) is 6.24. The molecule has 0 spiro atoms. The van der Waals surface area contributed by atoms with Crippen LogP contribution in [0.3, 0.4) is 0 Å². The Kier molecular flexibility index (Phi) is 4.72. The van der Waals surface area contributed by atoms with Crippen molar-refractivity contribution >= 4 is 21.8 Å².